The second kappa shape index (κ2) is 6.54. The van der Waals surface area contributed by atoms with Crippen LogP contribution in [0, 0.1) is 0 Å². The van der Waals surface area contributed by atoms with E-state index in [9.17, 15) is 9.59 Å². The van der Waals surface area contributed by atoms with Crippen LogP contribution in [0.2, 0.25) is 0 Å². The van der Waals surface area contributed by atoms with E-state index >= 15 is 0 Å². The van der Waals surface area contributed by atoms with Crippen LogP contribution < -0.4 is 0 Å². The molecule has 22 heavy (non-hydrogen) atoms. The Labute approximate surface area is 129 Å². The third-order valence-corrected chi connectivity index (χ3v) is 3.94. The standard InChI is InChI=1S/C18H17NO3/c20-9-8-14-6-7-16-11-19(12-17(16)10-14)18(22-13-21)15-4-2-1-3-5-15/h1-7,9-10,13,18H,8,11-12H2. The average molecular weight is 295 g/mol. The van der Waals surface area contributed by atoms with Gasteiger partial charge in [0.2, 0.25) is 0 Å². The molecule has 0 N–H and O–H groups in total. The fraction of sp³-hybridized carbons (Fsp3) is 0.222. The number of carbonyl (C=O) groups is 2. The highest BCUT2D eigenvalue weighted by Gasteiger charge is 2.28. The molecule has 1 aliphatic heterocycles. The Morgan fingerprint density at radius 2 is 1.82 bits per heavy atom. The maximum atomic E-state index is 10.9. The first kappa shape index (κ1) is 14.5. The zero-order chi connectivity index (χ0) is 15.4. The molecule has 0 aromatic heterocycles. The predicted molar refractivity (Wildman–Crippen MR) is 81.8 cm³/mol. The zero-order valence-corrected chi connectivity index (χ0v) is 12.1. The highest BCUT2D eigenvalue weighted by Crippen LogP contribution is 2.32. The first-order valence-corrected chi connectivity index (χ1v) is 7.24. The second-order valence-electron chi connectivity index (χ2n) is 5.37. The number of hydrogen-bond donors (Lipinski definition) is 0. The zero-order valence-electron chi connectivity index (χ0n) is 12.1. The number of carbonyl (C=O) groups excluding carboxylic acids is 2. The number of hydrogen-bond acceptors (Lipinski definition) is 4. The fourth-order valence-electron chi connectivity index (χ4n) is 2.91. The minimum Gasteiger partial charge on any atom is -0.444 e. The molecule has 1 unspecified atom stereocenters. The van der Waals surface area contributed by atoms with Gasteiger partial charge in [-0.05, 0) is 16.7 Å². The lowest BCUT2D eigenvalue weighted by Crippen LogP contribution is -2.25. The minimum atomic E-state index is -0.388. The van der Waals surface area contributed by atoms with Gasteiger partial charge in [0.1, 0.15) is 6.29 Å². The van der Waals surface area contributed by atoms with Gasteiger partial charge in [0.15, 0.2) is 6.23 Å². The third-order valence-electron chi connectivity index (χ3n) is 3.94. The van der Waals surface area contributed by atoms with Crippen LogP contribution in [0.1, 0.15) is 28.5 Å². The molecule has 1 atom stereocenters. The first-order valence-electron chi connectivity index (χ1n) is 7.24. The highest BCUT2D eigenvalue weighted by atomic mass is 16.5. The van der Waals surface area contributed by atoms with Crippen molar-refractivity contribution in [3.63, 3.8) is 0 Å². The quantitative estimate of drug-likeness (QED) is 0.769. The fourth-order valence-corrected chi connectivity index (χ4v) is 2.91. The van der Waals surface area contributed by atoms with Gasteiger partial charge in [-0.3, -0.25) is 9.69 Å². The van der Waals surface area contributed by atoms with E-state index in [0.29, 0.717) is 19.4 Å². The van der Waals surface area contributed by atoms with Crippen LogP contribution in [0.5, 0.6) is 0 Å². The second-order valence-corrected chi connectivity index (χ2v) is 5.37. The molecule has 112 valence electrons. The lowest BCUT2D eigenvalue weighted by atomic mass is 10.1. The van der Waals surface area contributed by atoms with Crippen molar-refractivity contribution in [1.29, 1.82) is 0 Å². The van der Waals surface area contributed by atoms with Gasteiger partial charge in [0, 0.05) is 25.1 Å². The Kier molecular flexibility index (Phi) is 4.30. The molecule has 0 radical (unpaired) electrons. The molecule has 0 fully saturated rings. The van der Waals surface area contributed by atoms with Crippen molar-refractivity contribution in [2.24, 2.45) is 0 Å². The summed E-state index contributed by atoms with van der Waals surface area (Å²) in [6.07, 6.45) is 0.956. The van der Waals surface area contributed by atoms with Crippen molar-refractivity contribution in [2.45, 2.75) is 25.7 Å². The van der Waals surface area contributed by atoms with E-state index in [4.69, 9.17) is 4.74 Å². The summed E-state index contributed by atoms with van der Waals surface area (Å²) in [7, 11) is 0. The minimum absolute atomic E-state index is 0.388. The van der Waals surface area contributed by atoms with E-state index in [1.54, 1.807) is 0 Å². The predicted octanol–water partition coefficient (Wildman–Crippen LogP) is 2.62. The van der Waals surface area contributed by atoms with Crippen molar-refractivity contribution >= 4 is 12.8 Å². The number of aldehydes is 1. The smallest absolute Gasteiger partial charge is 0.294 e. The normalized spacial score (nSPS) is 15.1. The summed E-state index contributed by atoms with van der Waals surface area (Å²) in [6, 6.07) is 15.8. The summed E-state index contributed by atoms with van der Waals surface area (Å²) in [4.78, 5) is 23.6. The lowest BCUT2D eigenvalue weighted by molar-refractivity contribution is -0.145. The molecule has 1 aliphatic rings. The van der Waals surface area contributed by atoms with Gasteiger partial charge >= 0.3 is 0 Å². The molecule has 0 saturated carbocycles. The van der Waals surface area contributed by atoms with Crippen LogP contribution in [0.25, 0.3) is 0 Å². The number of ether oxygens (including phenoxy) is 1. The SMILES string of the molecule is O=CCc1ccc2c(c1)CN(C(OC=O)c1ccccc1)C2. The molecular formula is C18H17NO3. The van der Waals surface area contributed by atoms with Gasteiger partial charge in [-0.15, -0.1) is 0 Å². The van der Waals surface area contributed by atoms with Crippen molar-refractivity contribution in [2.75, 3.05) is 0 Å². The van der Waals surface area contributed by atoms with Crippen LogP contribution in [-0.2, 0) is 33.8 Å². The first-order chi connectivity index (χ1) is 10.8. The largest absolute Gasteiger partial charge is 0.444 e. The molecular weight excluding hydrogens is 278 g/mol. The van der Waals surface area contributed by atoms with Crippen LogP contribution in [0.3, 0.4) is 0 Å². The van der Waals surface area contributed by atoms with E-state index in [0.717, 1.165) is 24.0 Å². The topological polar surface area (TPSA) is 46.6 Å². The van der Waals surface area contributed by atoms with E-state index in [1.165, 1.54) is 11.1 Å². The molecule has 4 heteroatoms. The molecule has 3 rings (SSSR count). The van der Waals surface area contributed by atoms with Gasteiger partial charge in [0.05, 0.1) is 0 Å². The third kappa shape index (κ3) is 2.92. The number of rotatable bonds is 6. The highest BCUT2D eigenvalue weighted by molar-refractivity contribution is 5.55. The van der Waals surface area contributed by atoms with E-state index in [1.807, 2.05) is 36.4 Å². The van der Waals surface area contributed by atoms with E-state index in [2.05, 4.69) is 17.0 Å². The van der Waals surface area contributed by atoms with Crippen molar-refractivity contribution in [3.05, 3.63) is 70.8 Å². The van der Waals surface area contributed by atoms with E-state index < -0.39 is 0 Å². The molecule has 0 saturated heterocycles. The molecule has 2 aromatic carbocycles. The van der Waals surface area contributed by atoms with E-state index in [-0.39, 0.29) is 6.23 Å². The number of benzene rings is 2. The molecule has 2 aromatic rings. The maximum absolute atomic E-state index is 10.9. The monoisotopic (exact) mass is 295 g/mol. The summed E-state index contributed by atoms with van der Waals surface area (Å²) in [5, 5.41) is 0. The summed E-state index contributed by atoms with van der Waals surface area (Å²) < 4.78 is 5.31. The van der Waals surface area contributed by atoms with Gasteiger partial charge in [-0.1, -0.05) is 48.5 Å². The molecule has 1 heterocycles. The van der Waals surface area contributed by atoms with Crippen molar-refractivity contribution in [1.82, 2.24) is 4.90 Å². The molecule has 0 bridgehead atoms. The Morgan fingerprint density at radius 1 is 1.05 bits per heavy atom. The number of fused-ring (bicyclic) bond motifs is 1. The Morgan fingerprint density at radius 3 is 2.55 bits per heavy atom. The summed E-state index contributed by atoms with van der Waals surface area (Å²) in [5.41, 5.74) is 4.37. The van der Waals surface area contributed by atoms with Crippen LogP contribution >= 0.6 is 0 Å². The average Bonchev–Trinajstić information content (AvgIpc) is 2.96. The summed E-state index contributed by atoms with van der Waals surface area (Å²) in [5.74, 6) is 0. The van der Waals surface area contributed by atoms with Crippen molar-refractivity contribution in [3.8, 4) is 0 Å². The Hall–Kier alpha value is -2.46. The van der Waals surface area contributed by atoms with Gasteiger partial charge in [-0.25, -0.2) is 0 Å². The van der Waals surface area contributed by atoms with Gasteiger partial charge < -0.3 is 9.53 Å². The number of nitrogens with zero attached hydrogens (tertiary/aromatic N) is 1. The molecule has 0 aliphatic carbocycles. The molecule has 0 spiro atoms. The van der Waals surface area contributed by atoms with Crippen LogP contribution in [0.15, 0.2) is 48.5 Å². The molecule has 4 nitrogen and oxygen atoms in total. The maximum Gasteiger partial charge on any atom is 0.294 e. The van der Waals surface area contributed by atoms with Gasteiger partial charge in [0.25, 0.3) is 6.47 Å². The summed E-state index contributed by atoms with van der Waals surface area (Å²) >= 11 is 0. The Balaban J connectivity index is 1.83. The van der Waals surface area contributed by atoms with Gasteiger partial charge in [-0.2, -0.15) is 0 Å². The van der Waals surface area contributed by atoms with Crippen LogP contribution in [-0.4, -0.2) is 17.7 Å². The lowest BCUT2D eigenvalue weighted by Gasteiger charge is -2.25. The van der Waals surface area contributed by atoms with Crippen molar-refractivity contribution < 1.29 is 14.3 Å². The Bertz CT molecular complexity index is 669. The molecule has 0 amide bonds. The summed E-state index contributed by atoms with van der Waals surface area (Å²) in [6.45, 7) is 1.93. The van der Waals surface area contributed by atoms with Crippen LogP contribution in [0.4, 0.5) is 0 Å².